The lowest BCUT2D eigenvalue weighted by atomic mass is 9.95. The number of para-hydroxylation sites is 2. The molecule has 216 valence electrons. The lowest BCUT2D eigenvalue weighted by molar-refractivity contribution is 0.0928. The molecule has 41 heavy (non-hydrogen) atoms. The first-order valence-electron chi connectivity index (χ1n) is 14.0. The molecule has 1 aliphatic carbocycles. The van der Waals surface area contributed by atoms with Crippen molar-refractivity contribution in [2.45, 2.75) is 38.1 Å². The number of rotatable bonds is 7. The Morgan fingerprint density at radius 2 is 1.41 bits per heavy atom. The van der Waals surface area contributed by atoms with Gasteiger partial charge in [0.1, 0.15) is 5.75 Å². The van der Waals surface area contributed by atoms with Crippen molar-refractivity contribution in [3.05, 3.63) is 76.3 Å². The van der Waals surface area contributed by atoms with Gasteiger partial charge in [-0.2, -0.15) is 0 Å². The second kappa shape index (κ2) is 13.4. The molecule has 0 radical (unpaired) electrons. The number of urea groups is 1. The molecular weight excluding hydrogens is 561 g/mol. The molecule has 5 rings (SSSR count). The highest BCUT2D eigenvalue weighted by molar-refractivity contribution is 6.42. The van der Waals surface area contributed by atoms with Crippen LogP contribution in [-0.2, 0) is 0 Å². The Labute approximate surface area is 250 Å². The van der Waals surface area contributed by atoms with Gasteiger partial charge in [-0.25, -0.2) is 4.79 Å². The molecule has 0 bridgehead atoms. The van der Waals surface area contributed by atoms with Crippen molar-refractivity contribution in [3.63, 3.8) is 0 Å². The van der Waals surface area contributed by atoms with Crippen molar-refractivity contribution >= 4 is 57.9 Å². The van der Waals surface area contributed by atoms with Crippen LogP contribution >= 0.6 is 23.2 Å². The minimum Gasteiger partial charge on any atom is -0.495 e. The Kier molecular flexibility index (Phi) is 9.42. The summed E-state index contributed by atoms with van der Waals surface area (Å²) in [5, 5.41) is 9.61. The third-order valence-corrected chi connectivity index (χ3v) is 8.40. The van der Waals surface area contributed by atoms with Crippen LogP contribution in [0.4, 0.5) is 27.5 Å². The molecule has 10 heteroatoms. The Hall–Kier alpha value is -3.62. The number of carbonyl (C=O) groups excluding carboxylic acids is 2. The van der Waals surface area contributed by atoms with Crippen molar-refractivity contribution in [1.29, 1.82) is 0 Å². The lowest BCUT2D eigenvalue weighted by Crippen LogP contribution is -2.47. The molecule has 3 aromatic carbocycles. The number of amides is 3. The average molecular weight is 597 g/mol. The summed E-state index contributed by atoms with van der Waals surface area (Å²) in [4.78, 5) is 30.9. The number of hydrogen-bond acceptors (Lipinski definition) is 5. The van der Waals surface area contributed by atoms with Crippen LogP contribution < -0.4 is 30.5 Å². The number of ether oxygens (including phenoxy) is 1. The molecule has 0 aromatic heterocycles. The van der Waals surface area contributed by atoms with Crippen molar-refractivity contribution in [2.75, 3.05) is 53.7 Å². The molecule has 0 atom stereocenters. The van der Waals surface area contributed by atoms with E-state index in [2.05, 4.69) is 31.8 Å². The van der Waals surface area contributed by atoms with E-state index in [4.69, 9.17) is 27.9 Å². The predicted octanol–water partition coefficient (Wildman–Crippen LogP) is 7.04. The van der Waals surface area contributed by atoms with Gasteiger partial charge in [0.2, 0.25) is 0 Å². The molecule has 1 heterocycles. The molecular formula is C31H35Cl2N5O3. The monoisotopic (exact) mass is 595 g/mol. The van der Waals surface area contributed by atoms with Gasteiger partial charge in [-0.1, -0.05) is 54.6 Å². The molecule has 1 saturated heterocycles. The van der Waals surface area contributed by atoms with Crippen LogP contribution in [0.1, 0.15) is 42.5 Å². The van der Waals surface area contributed by atoms with Crippen LogP contribution in [0, 0.1) is 0 Å². The normalized spacial score (nSPS) is 15.8. The summed E-state index contributed by atoms with van der Waals surface area (Å²) in [6.07, 6.45) is 5.44. The van der Waals surface area contributed by atoms with Crippen molar-refractivity contribution in [1.82, 2.24) is 5.32 Å². The van der Waals surface area contributed by atoms with Gasteiger partial charge >= 0.3 is 6.03 Å². The summed E-state index contributed by atoms with van der Waals surface area (Å²) >= 11 is 12.1. The number of methoxy groups -OCH3 is 1. The van der Waals surface area contributed by atoms with Crippen LogP contribution in [0.25, 0.3) is 0 Å². The van der Waals surface area contributed by atoms with Crippen LogP contribution in [0.3, 0.4) is 0 Å². The third-order valence-electron chi connectivity index (χ3n) is 7.66. The van der Waals surface area contributed by atoms with Gasteiger partial charge in [0.15, 0.2) is 0 Å². The van der Waals surface area contributed by atoms with E-state index >= 15 is 0 Å². The summed E-state index contributed by atoms with van der Waals surface area (Å²) in [5.41, 5.74) is 3.50. The first-order chi connectivity index (χ1) is 19.9. The zero-order valence-electron chi connectivity index (χ0n) is 23.1. The highest BCUT2D eigenvalue weighted by Crippen LogP contribution is 2.31. The minimum atomic E-state index is -0.444. The highest BCUT2D eigenvalue weighted by Gasteiger charge is 2.25. The van der Waals surface area contributed by atoms with Gasteiger partial charge in [-0.3, -0.25) is 4.79 Å². The van der Waals surface area contributed by atoms with E-state index in [0.717, 1.165) is 69.0 Å². The van der Waals surface area contributed by atoms with Crippen LogP contribution in [-0.4, -0.2) is 51.3 Å². The quantitative estimate of drug-likeness (QED) is 0.273. The highest BCUT2D eigenvalue weighted by atomic mass is 35.5. The summed E-state index contributed by atoms with van der Waals surface area (Å²) in [6.45, 7) is 3.06. The maximum Gasteiger partial charge on any atom is 0.323 e. The minimum absolute atomic E-state index is 0.118. The number of benzene rings is 3. The topological polar surface area (TPSA) is 85.9 Å². The fourth-order valence-electron chi connectivity index (χ4n) is 5.53. The second-order valence-electron chi connectivity index (χ2n) is 10.4. The molecule has 1 aliphatic heterocycles. The number of nitrogens with zero attached hydrogens (tertiary/aromatic N) is 2. The summed E-state index contributed by atoms with van der Waals surface area (Å²) < 4.78 is 5.57. The van der Waals surface area contributed by atoms with Gasteiger partial charge < -0.3 is 30.5 Å². The maximum absolute atomic E-state index is 13.6. The van der Waals surface area contributed by atoms with Crippen LogP contribution in [0.2, 0.25) is 10.0 Å². The second-order valence-corrected chi connectivity index (χ2v) is 11.2. The summed E-state index contributed by atoms with van der Waals surface area (Å²) in [6, 6.07) is 18.1. The van der Waals surface area contributed by atoms with E-state index in [1.165, 1.54) is 6.42 Å². The zero-order chi connectivity index (χ0) is 28.8. The number of anilines is 4. The maximum atomic E-state index is 13.6. The van der Waals surface area contributed by atoms with E-state index in [9.17, 15) is 9.59 Å². The Bertz CT molecular complexity index is 1390. The summed E-state index contributed by atoms with van der Waals surface area (Å²) in [5.74, 6) is 0.732. The fourth-order valence-corrected chi connectivity index (χ4v) is 5.83. The van der Waals surface area contributed by atoms with Crippen molar-refractivity contribution < 1.29 is 14.3 Å². The Balaban J connectivity index is 1.33. The molecule has 3 N–H and O–H groups in total. The Morgan fingerprint density at radius 3 is 2.10 bits per heavy atom. The molecule has 8 nitrogen and oxygen atoms in total. The first-order valence-corrected chi connectivity index (χ1v) is 14.8. The number of piperazine rings is 1. The predicted molar refractivity (Wildman–Crippen MR) is 167 cm³/mol. The van der Waals surface area contributed by atoms with Crippen molar-refractivity contribution in [3.8, 4) is 5.75 Å². The molecule has 3 aromatic rings. The number of nitrogens with one attached hydrogen (secondary N) is 3. The fraction of sp³-hybridized carbons (Fsp3) is 0.355. The average Bonchev–Trinajstić information content (AvgIpc) is 2.99. The number of halogens is 2. The molecule has 0 spiro atoms. The smallest absolute Gasteiger partial charge is 0.323 e. The van der Waals surface area contributed by atoms with Gasteiger partial charge in [-0.15, -0.1) is 0 Å². The summed E-state index contributed by atoms with van der Waals surface area (Å²) in [7, 11) is 1.69. The SMILES string of the molecule is COc1ccccc1N1CCN(c2ccc(NC(=O)Nc3ccc(Cl)c(Cl)c3)cc2C(=O)NC2CCCCC2)CC1. The van der Waals surface area contributed by atoms with E-state index < -0.39 is 6.03 Å². The molecule has 0 unspecified atom stereocenters. The molecule has 3 amide bonds. The van der Waals surface area contributed by atoms with E-state index in [-0.39, 0.29) is 11.9 Å². The van der Waals surface area contributed by atoms with Gasteiger partial charge in [-0.05, 0) is 61.4 Å². The van der Waals surface area contributed by atoms with Crippen molar-refractivity contribution in [2.24, 2.45) is 0 Å². The largest absolute Gasteiger partial charge is 0.495 e. The Morgan fingerprint density at radius 1 is 0.780 bits per heavy atom. The van der Waals surface area contributed by atoms with Gasteiger partial charge in [0.25, 0.3) is 5.91 Å². The third kappa shape index (κ3) is 7.18. The van der Waals surface area contributed by atoms with Gasteiger partial charge in [0.05, 0.1) is 28.4 Å². The number of hydrogen-bond donors (Lipinski definition) is 3. The first kappa shape index (κ1) is 28.9. The van der Waals surface area contributed by atoms with Crippen LogP contribution in [0.5, 0.6) is 5.75 Å². The van der Waals surface area contributed by atoms with E-state index in [1.54, 1.807) is 31.4 Å². The zero-order valence-corrected chi connectivity index (χ0v) is 24.6. The number of carbonyl (C=O) groups is 2. The molecule has 1 saturated carbocycles. The van der Waals surface area contributed by atoms with Gasteiger partial charge in [0, 0.05) is 49.3 Å². The van der Waals surface area contributed by atoms with E-state index in [1.807, 2.05) is 30.3 Å². The van der Waals surface area contributed by atoms with E-state index in [0.29, 0.717) is 27.0 Å². The lowest BCUT2D eigenvalue weighted by Gasteiger charge is -2.38. The standard InChI is InChI=1S/C31H35Cl2N5O3/c1-41-29-10-6-5-9-28(29)38-17-15-37(16-18-38)27-14-12-22(19-24(27)30(39)34-21-7-3-2-4-8-21)35-31(40)36-23-11-13-25(32)26(33)20-23/h5-6,9-14,19-21H,2-4,7-8,15-18H2,1H3,(H,34,39)(H2,35,36,40). The molecule has 2 fully saturated rings. The van der Waals surface area contributed by atoms with Crippen LogP contribution in [0.15, 0.2) is 60.7 Å². The molecule has 2 aliphatic rings.